The highest BCUT2D eigenvalue weighted by atomic mass is 19.1. The molecule has 0 amide bonds. The Hall–Kier alpha value is -3.74. The molecule has 0 bridgehead atoms. The van der Waals surface area contributed by atoms with E-state index in [0.717, 1.165) is 21.9 Å². The van der Waals surface area contributed by atoms with Gasteiger partial charge >= 0.3 is 5.69 Å². The normalized spacial score (nSPS) is 14.3. The number of para-hydroxylation sites is 2. The van der Waals surface area contributed by atoms with Crippen molar-refractivity contribution in [3.8, 4) is 11.6 Å². The van der Waals surface area contributed by atoms with Crippen LogP contribution in [-0.2, 0) is 0 Å². The molecule has 7 heteroatoms. The summed E-state index contributed by atoms with van der Waals surface area (Å²) in [5, 5.41) is 10.6. The van der Waals surface area contributed by atoms with Crippen LogP contribution < -0.4 is 11.2 Å². The van der Waals surface area contributed by atoms with Gasteiger partial charge in [0, 0.05) is 16.8 Å². The highest BCUT2D eigenvalue weighted by molar-refractivity contribution is 6.31. The Labute approximate surface area is 152 Å². The van der Waals surface area contributed by atoms with E-state index in [2.05, 4.69) is 9.98 Å². The van der Waals surface area contributed by atoms with Crippen molar-refractivity contribution in [2.75, 3.05) is 0 Å². The van der Waals surface area contributed by atoms with Crippen LogP contribution in [0.25, 0.3) is 17.3 Å². The summed E-state index contributed by atoms with van der Waals surface area (Å²) in [4.78, 5) is 31.1. The van der Waals surface area contributed by atoms with E-state index in [1.54, 1.807) is 6.92 Å². The van der Waals surface area contributed by atoms with Gasteiger partial charge in [0.2, 0.25) is 5.88 Å². The zero-order valence-electron chi connectivity index (χ0n) is 14.2. The van der Waals surface area contributed by atoms with Crippen LogP contribution in [0.1, 0.15) is 18.1 Å². The van der Waals surface area contributed by atoms with Gasteiger partial charge in [-0.3, -0.25) is 14.8 Å². The van der Waals surface area contributed by atoms with Gasteiger partial charge in [-0.05, 0) is 31.2 Å². The highest BCUT2D eigenvalue weighted by Gasteiger charge is 2.21. The van der Waals surface area contributed by atoms with Crippen molar-refractivity contribution in [1.82, 2.24) is 9.55 Å². The third-order valence-corrected chi connectivity index (χ3v) is 4.38. The number of hydrogen-bond donors (Lipinski definition) is 2. The molecule has 134 valence electrons. The number of hydrogen-bond acceptors (Lipinski definition) is 4. The minimum absolute atomic E-state index is 0.154. The number of aliphatic imine (C=N–C) groups is 1. The lowest BCUT2D eigenvalue weighted by Crippen LogP contribution is -2.31. The zero-order valence-corrected chi connectivity index (χ0v) is 14.2. The first-order valence-electron chi connectivity index (χ1n) is 8.17. The Morgan fingerprint density at radius 1 is 1.11 bits per heavy atom. The van der Waals surface area contributed by atoms with E-state index >= 15 is 0 Å². The van der Waals surface area contributed by atoms with Crippen molar-refractivity contribution in [2.45, 2.75) is 6.92 Å². The molecule has 0 atom stereocenters. The van der Waals surface area contributed by atoms with Gasteiger partial charge in [-0.25, -0.2) is 13.8 Å². The molecule has 0 aliphatic carbocycles. The highest BCUT2D eigenvalue weighted by Crippen LogP contribution is 2.36. The number of aromatic amines is 1. The number of allylic oxidation sites excluding steroid dienone is 1. The molecule has 1 aliphatic heterocycles. The summed E-state index contributed by atoms with van der Waals surface area (Å²) in [5.74, 6) is -1.34. The third-order valence-electron chi connectivity index (χ3n) is 4.38. The lowest BCUT2D eigenvalue weighted by atomic mass is 10.0. The van der Waals surface area contributed by atoms with Gasteiger partial charge in [0.1, 0.15) is 11.4 Å². The van der Waals surface area contributed by atoms with Crippen LogP contribution in [0.5, 0.6) is 5.88 Å². The minimum Gasteiger partial charge on any atom is -0.494 e. The lowest BCUT2D eigenvalue weighted by molar-refractivity contribution is 0.426. The molecule has 0 radical (unpaired) electrons. The van der Waals surface area contributed by atoms with Crippen LogP contribution in [-0.4, -0.2) is 20.4 Å². The molecular formula is C20H14FN3O3. The van der Waals surface area contributed by atoms with E-state index in [-0.39, 0.29) is 11.3 Å². The molecule has 1 aliphatic rings. The molecular weight excluding hydrogens is 349 g/mol. The summed E-state index contributed by atoms with van der Waals surface area (Å²) in [6.45, 7) is 1.78. The topological polar surface area (TPSA) is 87.4 Å². The quantitative estimate of drug-likeness (QED) is 0.734. The van der Waals surface area contributed by atoms with Gasteiger partial charge in [-0.1, -0.05) is 30.3 Å². The average Bonchev–Trinajstić information content (AvgIpc) is 2.95. The summed E-state index contributed by atoms with van der Waals surface area (Å²) < 4.78 is 14.9. The summed E-state index contributed by atoms with van der Waals surface area (Å²) in [6.07, 6.45) is 1.45. The van der Waals surface area contributed by atoms with Crippen LogP contribution in [0.15, 0.2) is 63.1 Å². The van der Waals surface area contributed by atoms with Gasteiger partial charge < -0.3 is 5.11 Å². The maximum absolute atomic E-state index is 14.1. The molecule has 27 heavy (non-hydrogen) atoms. The van der Waals surface area contributed by atoms with E-state index < -0.39 is 22.9 Å². The molecule has 3 aromatic rings. The Morgan fingerprint density at radius 2 is 1.81 bits per heavy atom. The minimum atomic E-state index is -0.929. The fourth-order valence-corrected chi connectivity index (χ4v) is 3.09. The number of halogens is 1. The van der Waals surface area contributed by atoms with Crippen molar-refractivity contribution in [2.24, 2.45) is 4.99 Å². The fourth-order valence-electron chi connectivity index (χ4n) is 3.09. The monoisotopic (exact) mass is 363 g/mol. The van der Waals surface area contributed by atoms with Crippen LogP contribution in [0.4, 0.5) is 10.1 Å². The van der Waals surface area contributed by atoms with Gasteiger partial charge in [0.05, 0.1) is 11.4 Å². The van der Waals surface area contributed by atoms with Crippen molar-refractivity contribution >= 4 is 23.0 Å². The summed E-state index contributed by atoms with van der Waals surface area (Å²) >= 11 is 0. The average molecular weight is 363 g/mol. The van der Waals surface area contributed by atoms with Crippen LogP contribution in [0.3, 0.4) is 0 Å². The van der Waals surface area contributed by atoms with E-state index in [1.807, 2.05) is 24.3 Å². The van der Waals surface area contributed by atoms with E-state index in [0.29, 0.717) is 11.3 Å². The molecule has 0 spiro atoms. The number of H-pyrrole nitrogens is 1. The SMILES string of the molecule is CC1=Nc2ccccc2/C1=C\c1c(O)n(-c2ccccc2F)c(=O)[nH]c1=O. The largest absolute Gasteiger partial charge is 0.494 e. The molecule has 2 heterocycles. The molecule has 2 aromatic carbocycles. The zero-order chi connectivity index (χ0) is 19.1. The van der Waals surface area contributed by atoms with E-state index in [1.165, 1.54) is 24.3 Å². The van der Waals surface area contributed by atoms with Crippen LogP contribution >= 0.6 is 0 Å². The fraction of sp³-hybridized carbons (Fsp3) is 0.0500. The maximum atomic E-state index is 14.1. The molecule has 1 aromatic heterocycles. The number of fused-ring (bicyclic) bond motifs is 1. The molecule has 4 rings (SSSR count). The molecule has 0 saturated heterocycles. The van der Waals surface area contributed by atoms with Gasteiger partial charge in [0.15, 0.2) is 0 Å². The Kier molecular flexibility index (Phi) is 3.84. The van der Waals surface area contributed by atoms with Crippen LogP contribution in [0, 0.1) is 5.82 Å². The lowest BCUT2D eigenvalue weighted by Gasteiger charge is -2.11. The predicted octanol–water partition coefficient (Wildman–Crippen LogP) is 3.02. The van der Waals surface area contributed by atoms with Gasteiger partial charge in [-0.15, -0.1) is 0 Å². The first kappa shape index (κ1) is 16.7. The number of rotatable bonds is 2. The van der Waals surface area contributed by atoms with Gasteiger partial charge in [-0.2, -0.15) is 0 Å². The predicted molar refractivity (Wildman–Crippen MR) is 101 cm³/mol. The Balaban J connectivity index is 1.98. The van der Waals surface area contributed by atoms with Crippen molar-refractivity contribution in [1.29, 1.82) is 0 Å². The second-order valence-electron chi connectivity index (χ2n) is 6.06. The molecule has 6 nitrogen and oxygen atoms in total. The summed E-state index contributed by atoms with van der Waals surface area (Å²) in [6, 6.07) is 12.9. The van der Waals surface area contributed by atoms with Crippen molar-refractivity contribution in [3.05, 3.63) is 86.3 Å². The number of aromatic nitrogens is 2. The number of nitrogens with zero attached hydrogens (tertiary/aromatic N) is 2. The second-order valence-corrected chi connectivity index (χ2v) is 6.06. The molecule has 0 fully saturated rings. The Bertz CT molecular complexity index is 1250. The van der Waals surface area contributed by atoms with E-state index in [9.17, 15) is 19.1 Å². The first-order chi connectivity index (χ1) is 13.0. The maximum Gasteiger partial charge on any atom is 0.335 e. The van der Waals surface area contributed by atoms with Gasteiger partial charge in [0.25, 0.3) is 5.56 Å². The van der Waals surface area contributed by atoms with Crippen molar-refractivity contribution < 1.29 is 9.50 Å². The molecule has 2 N–H and O–H groups in total. The van der Waals surface area contributed by atoms with E-state index in [4.69, 9.17) is 0 Å². The number of nitrogens with one attached hydrogen (secondary N) is 1. The summed E-state index contributed by atoms with van der Waals surface area (Å²) in [5.41, 5.74) is 0.852. The summed E-state index contributed by atoms with van der Waals surface area (Å²) in [7, 11) is 0. The molecule has 0 unspecified atom stereocenters. The third kappa shape index (κ3) is 2.69. The standard InChI is InChI=1S/C20H14FN3O3/c1-11-13(12-6-2-4-8-16(12)22-11)10-14-18(25)23-20(27)24(19(14)26)17-9-5-3-7-15(17)21/h2-10,26H,1H3,(H,23,25,27)/b13-10-. The Morgan fingerprint density at radius 3 is 2.59 bits per heavy atom. The van der Waals surface area contributed by atoms with Crippen molar-refractivity contribution in [3.63, 3.8) is 0 Å². The van der Waals surface area contributed by atoms with Crippen LogP contribution in [0.2, 0.25) is 0 Å². The smallest absolute Gasteiger partial charge is 0.335 e. The number of benzene rings is 2. The second kappa shape index (κ2) is 6.21. The molecule has 0 saturated carbocycles. The first-order valence-corrected chi connectivity index (χ1v) is 8.17. The number of aromatic hydroxyl groups is 1.